The number of benzene rings is 1. The summed E-state index contributed by atoms with van der Waals surface area (Å²) in [6.45, 7) is 9.82. The summed E-state index contributed by atoms with van der Waals surface area (Å²) in [6, 6.07) is 5.00. The molecule has 4 rings (SSSR count). The van der Waals surface area contributed by atoms with Crippen LogP contribution in [0.4, 0.5) is 4.79 Å². The number of carbonyl (C=O) groups excluding carboxylic acids is 5. The van der Waals surface area contributed by atoms with Crippen LogP contribution in [0.25, 0.3) is 0 Å². The quantitative estimate of drug-likeness (QED) is 0.121. The van der Waals surface area contributed by atoms with Gasteiger partial charge in [0.2, 0.25) is 17.6 Å². The monoisotopic (exact) mass is 749 g/mol. The number of amides is 5. The second-order valence-electron chi connectivity index (χ2n) is 16.5. The first-order chi connectivity index (χ1) is 24.9. The number of hydrogen-bond acceptors (Lipinski definition) is 7. The van der Waals surface area contributed by atoms with Crippen molar-refractivity contribution in [3.63, 3.8) is 0 Å². The highest BCUT2D eigenvalue weighted by molar-refractivity contribution is 7.90. The van der Waals surface area contributed by atoms with E-state index in [1.165, 1.54) is 4.90 Å². The predicted molar refractivity (Wildman–Crippen MR) is 202 cm³/mol. The highest BCUT2D eigenvalue weighted by Crippen LogP contribution is 2.65. The van der Waals surface area contributed by atoms with E-state index in [1.807, 2.05) is 19.9 Å². The minimum absolute atomic E-state index is 0.00361. The van der Waals surface area contributed by atoms with Crippen LogP contribution < -0.4 is 21.3 Å². The molecule has 13 heteroatoms. The van der Waals surface area contributed by atoms with E-state index in [-0.39, 0.29) is 61.1 Å². The second kappa shape index (κ2) is 16.8. The fourth-order valence-corrected chi connectivity index (χ4v) is 10.1. The Hall–Kier alpha value is -4.36. The van der Waals surface area contributed by atoms with Crippen LogP contribution in [0.1, 0.15) is 91.5 Å². The predicted octanol–water partition coefficient (Wildman–Crippen LogP) is 3.11. The number of ketones is 1. The summed E-state index contributed by atoms with van der Waals surface area (Å²) in [5.41, 5.74) is -1.40. The first-order valence-corrected chi connectivity index (χ1v) is 20.3. The molecular formula is C40H55N5O7S. The van der Waals surface area contributed by atoms with Crippen LogP contribution in [0, 0.1) is 47.4 Å². The molecule has 2 aliphatic carbocycles. The van der Waals surface area contributed by atoms with E-state index < -0.39 is 68.5 Å². The molecule has 0 radical (unpaired) electrons. The molecule has 4 N–H and O–H groups in total. The van der Waals surface area contributed by atoms with Crippen LogP contribution in [0.15, 0.2) is 30.3 Å². The van der Waals surface area contributed by atoms with Crippen molar-refractivity contribution >= 4 is 39.4 Å². The van der Waals surface area contributed by atoms with Gasteiger partial charge >= 0.3 is 6.03 Å². The first kappa shape index (κ1) is 41.4. The summed E-state index contributed by atoms with van der Waals surface area (Å²) in [6.07, 6.45) is 14.5. The van der Waals surface area contributed by atoms with Gasteiger partial charge in [-0.15, -0.1) is 24.7 Å². The SMILES string of the molecule is C#CCCNC(=O)C(=O)C(CCC#C)NC(=O)[C@@H]1[C@@H]2C(CN1C(=O)[C@@H](NC(=O)NC1(CS(=O)(=O)Cc3ccccc3)CCCCC1)C(C)(C)C)C2(C)C. The molecule has 5 atom stereocenters. The van der Waals surface area contributed by atoms with Gasteiger partial charge in [-0.1, -0.05) is 84.2 Å². The first-order valence-electron chi connectivity index (χ1n) is 18.5. The fourth-order valence-electron chi connectivity index (χ4n) is 8.12. The normalized spacial score (nSPS) is 22.5. The number of sulfone groups is 1. The molecule has 288 valence electrons. The standard InChI is InChI=1S/C40H55N5O7S/c1-8-10-20-29(32(46)35(48)41-23-11-9-2)42-34(47)31-30-28(39(30,6)7)24-45(31)36(49)33(38(3,4)5)43-37(50)44-40(21-16-13-17-22-40)26-53(51,52)25-27-18-14-12-15-19-27/h1-2,12,14-15,18-19,28-31,33H,10-11,13,16-17,20-26H2,3-7H3,(H,41,48)(H,42,47)(H2,43,44,50)/t28?,29?,30-,31-,33+/m0/s1. The van der Waals surface area contributed by atoms with Gasteiger partial charge in [0, 0.05) is 25.9 Å². The minimum Gasteiger partial charge on any atom is -0.348 e. The van der Waals surface area contributed by atoms with Crippen molar-refractivity contribution in [2.45, 2.75) is 115 Å². The maximum Gasteiger partial charge on any atom is 0.315 e. The third kappa shape index (κ3) is 10.2. The molecule has 1 heterocycles. The third-order valence-electron chi connectivity index (χ3n) is 11.1. The zero-order valence-corrected chi connectivity index (χ0v) is 32.4. The van der Waals surface area contributed by atoms with Crippen molar-refractivity contribution in [1.29, 1.82) is 0 Å². The van der Waals surface area contributed by atoms with E-state index >= 15 is 0 Å². The molecular weight excluding hydrogens is 695 g/mol. The molecule has 3 aliphatic rings. The summed E-state index contributed by atoms with van der Waals surface area (Å²) in [4.78, 5) is 69.7. The van der Waals surface area contributed by atoms with Crippen LogP contribution in [0.3, 0.4) is 0 Å². The highest BCUT2D eigenvalue weighted by Gasteiger charge is 2.70. The molecule has 12 nitrogen and oxygen atoms in total. The van der Waals surface area contributed by atoms with E-state index in [0.717, 1.165) is 19.3 Å². The molecule has 1 aliphatic heterocycles. The number of nitrogens with one attached hydrogen (secondary N) is 4. The van der Waals surface area contributed by atoms with Gasteiger partial charge in [0.05, 0.1) is 23.1 Å². The molecule has 0 bridgehead atoms. The van der Waals surface area contributed by atoms with Crippen molar-refractivity contribution in [3.05, 3.63) is 35.9 Å². The Morgan fingerprint density at radius 2 is 1.60 bits per heavy atom. The summed E-state index contributed by atoms with van der Waals surface area (Å²) in [5, 5.41) is 11.1. The lowest BCUT2D eigenvalue weighted by molar-refractivity contribution is -0.145. The van der Waals surface area contributed by atoms with Crippen molar-refractivity contribution in [1.82, 2.24) is 26.2 Å². The fraction of sp³-hybridized carbons (Fsp3) is 0.625. The van der Waals surface area contributed by atoms with Gasteiger partial charge in [0.15, 0.2) is 9.84 Å². The van der Waals surface area contributed by atoms with Crippen LogP contribution in [0.5, 0.6) is 0 Å². The Kier molecular flexibility index (Phi) is 13.1. The number of rotatable bonds is 15. The highest BCUT2D eigenvalue weighted by atomic mass is 32.2. The van der Waals surface area contributed by atoms with Gasteiger partial charge < -0.3 is 26.2 Å². The van der Waals surface area contributed by atoms with Crippen LogP contribution in [0.2, 0.25) is 0 Å². The lowest BCUT2D eigenvalue weighted by atomic mass is 9.83. The van der Waals surface area contributed by atoms with E-state index in [1.54, 1.807) is 45.0 Å². The van der Waals surface area contributed by atoms with Crippen molar-refractivity contribution < 1.29 is 32.4 Å². The molecule has 5 amide bonds. The molecule has 1 aromatic rings. The number of fused-ring (bicyclic) bond motifs is 1. The number of urea groups is 1. The lowest BCUT2D eigenvalue weighted by Gasteiger charge is -2.40. The maximum absolute atomic E-state index is 14.5. The molecule has 1 saturated heterocycles. The minimum atomic E-state index is -3.62. The van der Waals surface area contributed by atoms with E-state index in [4.69, 9.17) is 12.8 Å². The topological polar surface area (TPSA) is 171 Å². The van der Waals surface area contributed by atoms with Crippen LogP contribution in [-0.4, -0.2) is 85.4 Å². The van der Waals surface area contributed by atoms with Crippen molar-refractivity contribution in [3.8, 4) is 24.7 Å². The largest absolute Gasteiger partial charge is 0.348 e. The zero-order chi connectivity index (χ0) is 39.2. The van der Waals surface area contributed by atoms with Crippen LogP contribution in [-0.2, 0) is 34.8 Å². The molecule has 3 fully saturated rings. The Labute approximate surface area is 314 Å². The molecule has 2 saturated carbocycles. The Morgan fingerprint density at radius 1 is 0.962 bits per heavy atom. The van der Waals surface area contributed by atoms with Crippen molar-refractivity contribution in [2.75, 3.05) is 18.8 Å². The van der Waals surface area contributed by atoms with E-state index in [0.29, 0.717) is 18.4 Å². The van der Waals surface area contributed by atoms with Gasteiger partial charge in [-0.25, -0.2) is 13.2 Å². The number of nitrogens with zero attached hydrogens (tertiary/aromatic N) is 1. The van der Waals surface area contributed by atoms with Crippen LogP contribution >= 0.6 is 0 Å². The zero-order valence-electron chi connectivity index (χ0n) is 31.6. The summed E-state index contributed by atoms with van der Waals surface area (Å²) >= 11 is 0. The lowest BCUT2D eigenvalue weighted by Crippen LogP contribution is -2.64. The Balaban J connectivity index is 1.53. The van der Waals surface area contributed by atoms with Gasteiger partial charge in [-0.3, -0.25) is 19.2 Å². The number of likely N-dealkylation sites (tertiary alicyclic amines) is 1. The van der Waals surface area contributed by atoms with Gasteiger partial charge in [0.25, 0.3) is 5.91 Å². The molecule has 0 aromatic heterocycles. The third-order valence-corrected chi connectivity index (χ3v) is 12.8. The number of terminal acetylenes is 2. The average Bonchev–Trinajstić information content (AvgIpc) is 3.38. The Morgan fingerprint density at radius 3 is 2.21 bits per heavy atom. The van der Waals surface area contributed by atoms with Crippen molar-refractivity contribution in [2.24, 2.45) is 22.7 Å². The molecule has 1 aromatic carbocycles. The average molecular weight is 750 g/mol. The molecule has 0 spiro atoms. The summed E-state index contributed by atoms with van der Waals surface area (Å²) < 4.78 is 26.9. The summed E-state index contributed by atoms with van der Waals surface area (Å²) in [5.74, 6) is 1.44. The smallest absolute Gasteiger partial charge is 0.315 e. The summed E-state index contributed by atoms with van der Waals surface area (Å²) in [7, 11) is -3.62. The number of hydrogen-bond donors (Lipinski definition) is 4. The van der Waals surface area contributed by atoms with Gasteiger partial charge in [-0.2, -0.15) is 0 Å². The van der Waals surface area contributed by atoms with E-state index in [2.05, 4.69) is 33.1 Å². The number of Topliss-reactive ketones (excluding diaryl/α,β-unsaturated/α-hetero) is 1. The maximum atomic E-state index is 14.5. The number of piperidine rings is 1. The van der Waals surface area contributed by atoms with Gasteiger partial charge in [-0.05, 0) is 47.5 Å². The Bertz CT molecular complexity index is 1730. The second-order valence-corrected chi connectivity index (χ2v) is 18.6. The van der Waals surface area contributed by atoms with Gasteiger partial charge in [0.1, 0.15) is 12.1 Å². The molecule has 53 heavy (non-hydrogen) atoms. The number of carbonyl (C=O) groups is 5. The van der Waals surface area contributed by atoms with E-state index in [9.17, 15) is 32.4 Å². The molecule has 2 unspecified atom stereocenters.